The van der Waals surface area contributed by atoms with Crippen molar-refractivity contribution in [3.8, 4) is 16.7 Å². The number of amides is 2. The zero-order chi connectivity index (χ0) is 32.3. The molecular formula is C33H34N8O4S. The first kappa shape index (κ1) is 30.9. The maximum Gasteiger partial charge on any atom is 0.268 e. The molecule has 0 saturated carbocycles. The van der Waals surface area contributed by atoms with Gasteiger partial charge in [-0.2, -0.15) is 5.26 Å². The van der Waals surface area contributed by atoms with Crippen LogP contribution in [-0.4, -0.2) is 48.8 Å². The Balaban J connectivity index is 1.28. The van der Waals surface area contributed by atoms with Gasteiger partial charge in [-0.1, -0.05) is 32.9 Å². The van der Waals surface area contributed by atoms with Gasteiger partial charge in [0.05, 0.1) is 45.8 Å². The molecule has 6 rings (SSSR count). The van der Waals surface area contributed by atoms with Gasteiger partial charge in [0.15, 0.2) is 12.2 Å². The number of imidazole rings is 1. The topological polar surface area (TPSA) is 155 Å². The number of carbonyl (C=O) groups is 2. The normalized spacial score (nSPS) is 15.4. The van der Waals surface area contributed by atoms with Gasteiger partial charge < -0.3 is 23.6 Å². The molecule has 1 aliphatic heterocycles. The minimum atomic E-state index is -0.315. The second-order valence-corrected chi connectivity index (χ2v) is 13.3. The molecule has 13 heteroatoms. The van der Waals surface area contributed by atoms with E-state index in [0.29, 0.717) is 54.2 Å². The number of nitrogens with one attached hydrogen (secondary N) is 2. The van der Waals surface area contributed by atoms with Gasteiger partial charge in [-0.15, -0.1) is 11.3 Å². The van der Waals surface area contributed by atoms with Crippen LogP contribution >= 0.6 is 11.3 Å². The maximum atomic E-state index is 13.5. The summed E-state index contributed by atoms with van der Waals surface area (Å²) in [6.07, 6.45) is 9.42. The second kappa shape index (κ2) is 13.1. The molecule has 5 heterocycles. The Morgan fingerprint density at radius 2 is 2.07 bits per heavy atom. The summed E-state index contributed by atoms with van der Waals surface area (Å²) < 4.78 is 12.6. The van der Waals surface area contributed by atoms with Gasteiger partial charge >= 0.3 is 0 Å². The van der Waals surface area contributed by atoms with Crippen LogP contribution in [0.15, 0.2) is 75.9 Å². The van der Waals surface area contributed by atoms with Crippen molar-refractivity contribution in [3.05, 3.63) is 83.4 Å². The van der Waals surface area contributed by atoms with Crippen molar-refractivity contribution in [2.45, 2.75) is 59.3 Å². The smallest absolute Gasteiger partial charge is 0.268 e. The molecular weight excluding hydrogens is 604 g/mol. The summed E-state index contributed by atoms with van der Waals surface area (Å²) in [4.78, 5) is 43.0. The van der Waals surface area contributed by atoms with Crippen LogP contribution in [0, 0.1) is 16.7 Å². The number of benzene rings is 1. The highest BCUT2D eigenvalue weighted by atomic mass is 32.1. The van der Waals surface area contributed by atoms with Crippen LogP contribution in [0.5, 0.6) is 0 Å². The molecule has 0 bridgehead atoms. The Bertz CT molecular complexity index is 1910. The van der Waals surface area contributed by atoms with Gasteiger partial charge in [0.25, 0.3) is 11.8 Å². The molecule has 2 N–H and O–H groups in total. The molecule has 1 fully saturated rings. The minimum absolute atomic E-state index is 0.144. The van der Waals surface area contributed by atoms with Crippen LogP contribution in [0.3, 0.4) is 0 Å². The summed E-state index contributed by atoms with van der Waals surface area (Å²) in [6, 6.07) is 11.5. The van der Waals surface area contributed by atoms with E-state index in [1.165, 1.54) is 24.0 Å². The number of anilines is 1. The van der Waals surface area contributed by atoms with E-state index in [9.17, 15) is 14.9 Å². The highest BCUT2D eigenvalue weighted by Crippen LogP contribution is 2.30. The van der Waals surface area contributed by atoms with E-state index in [1.807, 2.05) is 49.6 Å². The molecule has 0 spiro atoms. The number of hydrogen-bond acceptors (Lipinski definition) is 10. The second-order valence-electron chi connectivity index (χ2n) is 12.2. The molecule has 236 valence electrons. The van der Waals surface area contributed by atoms with Crippen molar-refractivity contribution < 1.29 is 18.4 Å². The average molecular weight is 639 g/mol. The first-order chi connectivity index (χ1) is 22.2. The van der Waals surface area contributed by atoms with Crippen LogP contribution in [0.25, 0.3) is 21.7 Å². The number of hydrogen-bond donors (Lipinski definition) is 2. The van der Waals surface area contributed by atoms with E-state index in [-0.39, 0.29) is 28.8 Å². The fourth-order valence-electron chi connectivity index (χ4n) is 5.55. The lowest BCUT2D eigenvalue weighted by Crippen LogP contribution is -2.39. The van der Waals surface area contributed by atoms with Crippen molar-refractivity contribution in [2.75, 3.05) is 11.9 Å². The standard InChI is InChI=1S/C33H34N8O4S/c1-33(2,3)14-22(15-34)31(43)40-11-4-5-23(40)19-41-25-7-6-21(16-35-18-29-37-10-12-44-29)13-24(25)38-32(41)39-30(42)28-9-8-27(46-28)26-17-36-20-45-26/h6-10,12-14,17,20,23,35H,4-5,11,16,18-19H2,1-3H3,(H,38,39,42)/b22-14+/t23-/m1/s1. The largest absolute Gasteiger partial charge is 0.448 e. The number of likely N-dealkylation sites (tertiary alicyclic amines) is 1. The molecule has 46 heavy (non-hydrogen) atoms. The molecule has 1 saturated heterocycles. The highest BCUT2D eigenvalue weighted by Gasteiger charge is 2.32. The summed E-state index contributed by atoms with van der Waals surface area (Å²) in [5.41, 5.74) is 2.36. The zero-order valence-corrected chi connectivity index (χ0v) is 26.6. The van der Waals surface area contributed by atoms with E-state index in [1.54, 1.807) is 29.4 Å². The maximum absolute atomic E-state index is 13.5. The summed E-state index contributed by atoms with van der Waals surface area (Å²) in [5.74, 6) is 0.989. The van der Waals surface area contributed by atoms with Crippen molar-refractivity contribution in [2.24, 2.45) is 5.41 Å². The van der Waals surface area contributed by atoms with Gasteiger partial charge in [0.1, 0.15) is 17.9 Å². The summed E-state index contributed by atoms with van der Waals surface area (Å²) in [5, 5.41) is 16.1. The van der Waals surface area contributed by atoms with E-state index in [2.05, 4.69) is 26.7 Å². The lowest BCUT2D eigenvalue weighted by molar-refractivity contribution is -0.127. The van der Waals surface area contributed by atoms with Crippen LogP contribution in [0.4, 0.5) is 5.95 Å². The lowest BCUT2D eigenvalue weighted by atomic mass is 9.93. The Labute approximate surface area is 269 Å². The number of rotatable bonds is 10. The van der Waals surface area contributed by atoms with Gasteiger partial charge in [-0.3, -0.25) is 14.9 Å². The number of aromatic nitrogens is 4. The quantitative estimate of drug-likeness (QED) is 0.143. The SMILES string of the molecule is CC(C)(C)/C=C(\C#N)C(=O)N1CCC[C@@H]1Cn1c(NC(=O)c2ccc(-c3cnco3)s2)nc2cc(CNCc3ncco3)ccc21. The first-order valence-corrected chi connectivity index (χ1v) is 15.8. The van der Waals surface area contributed by atoms with Crippen molar-refractivity contribution in [3.63, 3.8) is 0 Å². The monoisotopic (exact) mass is 638 g/mol. The summed E-state index contributed by atoms with van der Waals surface area (Å²) >= 11 is 1.29. The molecule has 5 aromatic rings. The van der Waals surface area contributed by atoms with E-state index >= 15 is 0 Å². The number of oxazole rings is 2. The highest BCUT2D eigenvalue weighted by molar-refractivity contribution is 7.17. The fraction of sp³-hybridized carbons (Fsp3) is 0.333. The molecule has 1 aromatic carbocycles. The molecule has 1 atom stereocenters. The van der Waals surface area contributed by atoms with Gasteiger partial charge in [0, 0.05) is 19.6 Å². The third-order valence-electron chi connectivity index (χ3n) is 7.59. The van der Waals surface area contributed by atoms with Crippen LogP contribution in [0.2, 0.25) is 0 Å². The molecule has 2 amide bonds. The number of thiophene rings is 1. The summed E-state index contributed by atoms with van der Waals surface area (Å²) in [6.45, 7) is 7.90. The predicted octanol–water partition coefficient (Wildman–Crippen LogP) is 5.77. The Morgan fingerprint density at radius 3 is 2.80 bits per heavy atom. The number of allylic oxidation sites excluding steroid dienone is 1. The fourth-order valence-corrected chi connectivity index (χ4v) is 6.40. The van der Waals surface area contributed by atoms with Crippen molar-refractivity contribution >= 4 is 40.1 Å². The van der Waals surface area contributed by atoms with Crippen LogP contribution in [-0.2, 0) is 24.4 Å². The molecule has 12 nitrogen and oxygen atoms in total. The third kappa shape index (κ3) is 6.93. The van der Waals surface area contributed by atoms with Gasteiger partial charge in [0.2, 0.25) is 11.8 Å². The Hall–Kier alpha value is -5.06. The number of fused-ring (bicyclic) bond motifs is 1. The molecule has 0 radical (unpaired) electrons. The van der Waals surface area contributed by atoms with Crippen molar-refractivity contribution in [1.29, 1.82) is 5.26 Å². The van der Waals surface area contributed by atoms with Gasteiger partial charge in [-0.25, -0.2) is 15.0 Å². The Kier molecular flexibility index (Phi) is 8.83. The van der Waals surface area contributed by atoms with Gasteiger partial charge in [-0.05, 0) is 48.1 Å². The van der Waals surface area contributed by atoms with Crippen molar-refractivity contribution in [1.82, 2.24) is 29.7 Å². The van der Waals surface area contributed by atoms with Crippen LogP contribution < -0.4 is 10.6 Å². The average Bonchev–Trinajstić information content (AvgIpc) is 3.86. The van der Waals surface area contributed by atoms with E-state index in [0.717, 1.165) is 28.8 Å². The van der Waals surface area contributed by atoms with Crippen LogP contribution in [0.1, 0.15) is 54.7 Å². The molecule has 4 aromatic heterocycles. The predicted molar refractivity (Wildman–Crippen MR) is 172 cm³/mol. The minimum Gasteiger partial charge on any atom is -0.448 e. The zero-order valence-electron chi connectivity index (χ0n) is 25.8. The Morgan fingerprint density at radius 1 is 1.20 bits per heavy atom. The third-order valence-corrected chi connectivity index (χ3v) is 8.69. The molecule has 0 unspecified atom stereocenters. The van der Waals surface area contributed by atoms with E-state index in [4.69, 9.17) is 13.8 Å². The van der Waals surface area contributed by atoms with E-state index < -0.39 is 0 Å². The molecule has 1 aliphatic rings. The lowest BCUT2D eigenvalue weighted by Gasteiger charge is -2.26. The number of carbonyl (C=O) groups excluding carboxylic acids is 2. The summed E-state index contributed by atoms with van der Waals surface area (Å²) in [7, 11) is 0. The first-order valence-electron chi connectivity index (χ1n) is 15.0. The molecule has 0 aliphatic carbocycles. The number of nitriles is 1. The number of nitrogens with zero attached hydrogens (tertiary/aromatic N) is 6.